The van der Waals surface area contributed by atoms with E-state index in [1.165, 1.54) is 0 Å². The van der Waals surface area contributed by atoms with Crippen molar-refractivity contribution in [2.75, 3.05) is 11.9 Å². The number of nitrogens with zero attached hydrogens (tertiary/aromatic N) is 1. The van der Waals surface area contributed by atoms with Gasteiger partial charge in [-0.05, 0) is 96.2 Å². The van der Waals surface area contributed by atoms with Crippen LogP contribution in [0.2, 0.25) is 0 Å². The number of hydrogen-bond donors (Lipinski definition) is 1. The van der Waals surface area contributed by atoms with Crippen LogP contribution < -0.4 is 10.1 Å². The van der Waals surface area contributed by atoms with E-state index in [1.54, 1.807) is 30.3 Å². The van der Waals surface area contributed by atoms with Crippen LogP contribution in [0, 0.1) is 3.57 Å². The highest BCUT2D eigenvalue weighted by Crippen LogP contribution is 2.27. The third-order valence-electron chi connectivity index (χ3n) is 4.16. The molecule has 0 saturated heterocycles. The predicted octanol–water partition coefficient (Wildman–Crippen LogP) is 5.75. The number of ether oxygens (including phenoxy) is 1. The number of carbonyl (C=O) groups is 1. The minimum absolute atomic E-state index is 0.191. The Bertz CT molecular complexity index is 1120. The number of carbonyl (C=O) groups excluding carboxylic acids is 1. The van der Waals surface area contributed by atoms with Crippen LogP contribution in [0.25, 0.3) is 22.6 Å². The summed E-state index contributed by atoms with van der Waals surface area (Å²) in [7, 11) is 0. The molecule has 4 aromatic rings. The third kappa shape index (κ3) is 4.01. The monoisotopic (exact) mass is 484 g/mol. The molecule has 5 nitrogen and oxygen atoms in total. The summed E-state index contributed by atoms with van der Waals surface area (Å²) in [6, 6.07) is 20.4. The highest BCUT2D eigenvalue weighted by molar-refractivity contribution is 14.1. The maximum Gasteiger partial charge on any atom is 0.255 e. The van der Waals surface area contributed by atoms with Crippen LogP contribution in [-0.4, -0.2) is 17.5 Å². The van der Waals surface area contributed by atoms with Crippen molar-refractivity contribution >= 4 is 45.3 Å². The van der Waals surface area contributed by atoms with Gasteiger partial charge in [0.15, 0.2) is 5.58 Å². The second kappa shape index (κ2) is 8.02. The average molecular weight is 484 g/mol. The standard InChI is InChI=1S/C22H17IN2O3/c1-2-27-18-10-5-14(6-11-18)21(26)24-17-9-12-20-19(13-17)25-22(28-20)15-3-7-16(23)8-4-15/h3-13H,2H2,1H3,(H,24,26). The number of hydrogen-bond acceptors (Lipinski definition) is 4. The van der Waals surface area contributed by atoms with E-state index >= 15 is 0 Å². The number of rotatable bonds is 5. The first-order valence-corrected chi connectivity index (χ1v) is 9.91. The lowest BCUT2D eigenvalue weighted by molar-refractivity contribution is 0.102. The normalized spacial score (nSPS) is 10.8. The smallest absolute Gasteiger partial charge is 0.255 e. The summed E-state index contributed by atoms with van der Waals surface area (Å²) in [5.41, 5.74) is 3.50. The molecule has 0 aliphatic heterocycles. The van der Waals surface area contributed by atoms with Gasteiger partial charge in [-0.1, -0.05) is 0 Å². The fourth-order valence-electron chi connectivity index (χ4n) is 2.79. The van der Waals surface area contributed by atoms with Crippen LogP contribution in [-0.2, 0) is 0 Å². The maximum atomic E-state index is 12.5. The lowest BCUT2D eigenvalue weighted by Gasteiger charge is -2.06. The molecule has 1 aromatic heterocycles. The number of benzene rings is 3. The predicted molar refractivity (Wildman–Crippen MR) is 118 cm³/mol. The molecule has 140 valence electrons. The van der Waals surface area contributed by atoms with Gasteiger partial charge in [-0.2, -0.15) is 0 Å². The number of amides is 1. The molecule has 4 rings (SSSR count). The minimum Gasteiger partial charge on any atom is -0.494 e. The third-order valence-corrected chi connectivity index (χ3v) is 4.88. The number of fused-ring (bicyclic) bond motifs is 1. The van der Waals surface area contributed by atoms with E-state index in [0.29, 0.717) is 34.8 Å². The van der Waals surface area contributed by atoms with Gasteiger partial charge >= 0.3 is 0 Å². The SMILES string of the molecule is CCOc1ccc(C(=O)Nc2ccc3oc(-c4ccc(I)cc4)nc3c2)cc1. The molecule has 28 heavy (non-hydrogen) atoms. The first-order chi connectivity index (χ1) is 13.6. The van der Waals surface area contributed by atoms with E-state index in [2.05, 4.69) is 32.9 Å². The van der Waals surface area contributed by atoms with Crippen molar-refractivity contribution in [2.45, 2.75) is 6.92 Å². The van der Waals surface area contributed by atoms with E-state index in [1.807, 2.05) is 43.3 Å². The largest absolute Gasteiger partial charge is 0.494 e. The molecule has 1 heterocycles. The average Bonchev–Trinajstić information content (AvgIpc) is 3.12. The summed E-state index contributed by atoms with van der Waals surface area (Å²) in [6.07, 6.45) is 0. The van der Waals surface area contributed by atoms with Gasteiger partial charge in [-0.15, -0.1) is 0 Å². The van der Waals surface area contributed by atoms with Gasteiger partial charge < -0.3 is 14.5 Å². The Labute approximate surface area is 175 Å². The Morgan fingerprint density at radius 1 is 1.07 bits per heavy atom. The molecule has 1 N–H and O–H groups in total. The molecule has 0 radical (unpaired) electrons. The molecular weight excluding hydrogens is 467 g/mol. The van der Waals surface area contributed by atoms with Crippen LogP contribution in [0.1, 0.15) is 17.3 Å². The zero-order chi connectivity index (χ0) is 19.5. The van der Waals surface area contributed by atoms with Gasteiger partial charge in [0.1, 0.15) is 11.3 Å². The molecule has 0 aliphatic carbocycles. The summed E-state index contributed by atoms with van der Waals surface area (Å²) in [6.45, 7) is 2.51. The van der Waals surface area contributed by atoms with Crippen molar-refractivity contribution in [1.82, 2.24) is 4.98 Å². The molecule has 0 fully saturated rings. The van der Waals surface area contributed by atoms with Crippen molar-refractivity contribution in [3.63, 3.8) is 0 Å². The molecular formula is C22H17IN2O3. The number of aromatic nitrogens is 1. The zero-order valence-corrected chi connectivity index (χ0v) is 17.3. The van der Waals surface area contributed by atoms with Crippen molar-refractivity contribution < 1.29 is 13.9 Å². The van der Waals surface area contributed by atoms with Gasteiger partial charge in [-0.25, -0.2) is 4.98 Å². The Balaban J connectivity index is 1.54. The lowest BCUT2D eigenvalue weighted by Crippen LogP contribution is -2.11. The number of oxazole rings is 1. The highest BCUT2D eigenvalue weighted by atomic mass is 127. The zero-order valence-electron chi connectivity index (χ0n) is 15.1. The van der Waals surface area contributed by atoms with Gasteiger partial charge in [0, 0.05) is 20.4 Å². The van der Waals surface area contributed by atoms with E-state index < -0.39 is 0 Å². The first kappa shape index (κ1) is 18.5. The van der Waals surface area contributed by atoms with Crippen LogP contribution in [0.3, 0.4) is 0 Å². The van der Waals surface area contributed by atoms with Crippen LogP contribution in [0.5, 0.6) is 5.75 Å². The van der Waals surface area contributed by atoms with Crippen LogP contribution in [0.15, 0.2) is 71.1 Å². The first-order valence-electron chi connectivity index (χ1n) is 8.83. The van der Waals surface area contributed by atoms with Crippen molar-refractivity contribution in [3.8, 4) is 17.2 Å². The topological polar surface area (TPSA) is 64.4 Å². The molecule has 6 heteroatoms. The Kier molecular flexibility index (Phi) is 5.29. The molecule has 0 saturated carbocycles. The molecule has 3 aromatic carbocycles. The minimum atomic E-state index is -0.191. The Hall–Kier alpha value is -2.87. The Morgan fingerprint density at radius 3 is 2.54 bits per heavy atom. The Morgan fingerprint density at radius 2 is 1.82 bits per heavy atom. The summed E-state index contributed by atoms with van der Waals surface area (Å²) in [5, 5.41) is 2.90. The van der Waals surface area contributed by atoms with Crippen LogP contribution >= 0.6 is 22.6 Å². The second-order valence-corrected chi connectivity index (χ2v) is 7.37. The summed E-state index contributed by atoms with van der Waals surface area (Å²) in [4.78, 5) is 17.0. The molecule has 0 spiro atoms. The van der Waals surface area contributed by atoms with Gasteiger partial charge in [0.2, 0.25) is 5.89 Å². The molecule has 0 bridgehead atoms. The summed E-state index contributed by atoms with van der Waals surface area (Å²) >= 11 is 2.26. The number of anilines is 1. The fraction of sp³-hybridized carbons (Fsp3) is 0.0909. The molecule has 0 atom stereocenters. The van der Waals surface area contributed by atoms with E-state index in [0.717, 1.165) is 14.9 Å². The molecule has 0 aliphatic rings. The van der Waals surface area contributed by atoms with Gasteiger partial charge in [-0.3, -0.25) is 4.79 Å². The van der Waals surface area contributed by atoms with Crippen molar-refractivity contribution in [3.05, 3.63) is 75.9 Å². The van der Waals surface area contributed by atoms with Gasteiger partial charge in [0.25, 0.3) is 5.91 Å². The summed E-state index contributed by atoms with van der Waals surface area (Å²) < 4.78 is 12.4. The second-order valence-electron chi connectivity index (χ2n) is 6.12. The van der Waals surface area contributed by atoms with E-state index in [-0.39, 0.29) is 5.91 Å². The van der Waals surface area contributed by atoms with E-state index in [9.17, 15) is 4.79 Å². The maximum absolute atomic E-state index is 12.5. The number of halogens is 1. The lowest BCUT2D eigenvalue weighted by atomic mass is 10.2. The molecule has 0 unspecified atom stereocenters. The summed E-state index contributed by atoms with van der Waals surface area (Å²) in [5.74, 6) is 1.11. The van der Waals surface area contributed by atoms with Gasteiger partial charge in [0.05, 0.1) is 6.61 Å². The number of nitrogens with one attached hydrogen (secondary N) is 1. The van der Waals surface area contributed by atoms with Crippen molar-refractivity contribution in [2.24, 2.45) is 0 Å². The van der Waals surface area contributed by atoms with E-state index in [4.69, 9.17) is 9.15 Å². The molecule has 1 amide bonds. The van der Waals surface area contributed by atoms with Crippen LogP contribution in [0.4, 0.5) is 5.69 Å². The quantitative estimate of drug-likeness (QED) is 0.367. The van der Waals surface area contributed by atoms with Crippen molar-refractivity contribution in [1.29, 1.82) is 0 Å². The highest BCUT2D eigenvalue weighted by Gasteiger charge is 2.11. The fourth-order valence-corrected chi connectivity index (χ4v) is 3.15.